The van der Waals surface area contributed by atoms with E-state index < -0.39 is 12.2 Å². The summed E-state index contributed by atoms with van der Waals surface area (Å²) in [5, 5.41) is 11.0. The minimum absolute atomic E-state index is 0.0372. The maximum absolute atomic E-state index is 12.5. The summed E-state index contributed by atoms with van der Waals surface area (Å²) in [6.45, 7) is -0.0372. The SMILES string of the molecule is O=C1OC(c2ccc(F)cc2)CN1[O-]. The third kappa shape index (κ3) is 1.54. The summed E-state index contributed by atoms with van der Waals surface area (Å²) >= 11 is 0. The summed E-state index contributed by atoms with van der Waals surface area (Å²) < 4.78 is 17.3. The number of cyclic esters (lactones) is 1. The van der Waals surface area contributed by atoms with Gasteiger partial charge in [-0.15, -0.1) is 0 Å². The van der Waals surface area contributed by atoms with E-state index in [-0.39, 0.29) is 17.4 Å². The molecule has 4 nitrogen and oxygen atoms in total. The predicted octanol–water partition coefficient (Wildman–Crippen LogP) is 1.82. The standard InChI is InChI=1S/C9H7FNO3/c10-7-3-1-6(2-4-7)8-5-11(13)9(12)14-8/h1-4,8H,5H2/q-1. The molecule has 2 rings (SSSR count). The zero-order chi connectivity index (χ0) is 10.1. The molecule has 74 valence electrons. The molecule has 1 fully saturated rings. The van der Waals surface area contributed by atoms with Gasteiger partial charge in [-0.25, -0.2) is 9.18 Å². The van der Waals surface area contributed by atoms with Crippen molar-refractivity contribution in [2.75, 3.05) is 6.54 Å². The minimum atomic E-state index is -0.890. The van der Waals surface area contributed by atoms with E-state index in [0.717, 1.165) is 0 Å². The molecule has 0 N–H and O–H groups in total. The molecule has 0 bridgehead atoms. The van der Waals surface area contributed by atoms with Gasteiger partial charge in [0.2, 0.25) is 0 Å². The highest BCUT2D eigenvalue weighted by atomic mass is 19.1. The van der Waals surface area contributed by atoms with E-state index in [1.807, 2.05) is 0 Å². The summed E-state index contributed by atoms with van der Waals surface area (Å²) in [5.41, 5.74) is 0.623. The van der Waals surface area contributed by atoms with Gasteiger partial charge in [0.15, 0.2) is 0 Å². The van der Waals surface area contributed by atoms with E-state index in [2.05, 4.69) is 0 Å². The monoisotopic (exact) mass is 196 g/mol. The van der Waals surface area contributed by atoms with Crippen LogP contribution in [0.4, 0.5) is 9.18 Å². The number of nitrogens with zero attached hydrogens (tertiary/aromatic N) is 1. The number of amides is 1. The van der Waals surface area contributed by atoms with Gasteiger partial charge < -0.3 is 15.0 Å². The number of ether oxygens (including phenoxy) is 1. The summed E-state index contributed by atoms with van der Waals surface area (Å²) in [5.74, 6) is -0.364. The molecule has 14 heavy (non-hydrogen) atoms. The molecule has 0 radical (unpaired) electrons. The second-order valence-electron chi connectivity index (χ2n) is 2.99. The largest absolute Gasteiger partial charge is 0.754 e. The smallest absolute Gasteiger partial charge is 0.399 e. The van der Waals surface area contributed by atoms with Crippen molar-refractivity contribution >= 4 is 6.09 Å². The van der Waals surface area contributed by atoms with Gasteiger partial charge in [-0.3, -0.25) is 0 Å². The van der Waals surface area contributed by atoms with Gasteiger partial charge >= 0.3 is 6.09 Å². The van der Waals surface area contributed by atoms with Crippen molar-refractivity contribution in [3.8, 4) is 0 Å². The zero-order valence-electron chi connectivity index (χ0n) is 7.14. The van der Waals surface area contributed by atoms with Crippen LogP contribution in [0.2, 0.25) is 0 Å². The summed E-state index contributed by atoms with van der Waals surface area (Å²) in [4.78, 5) is 10.7. The Bertz CT molecular complexity index is 352. The fourth-order valence-corrected chi connectivity index (χ4v) is 1.29. The Labute approximate surface area is 79.5 Å². The second-order valence-corrected chi connectivity index (χ2v) is 2.99. The molecule has 1 aliphatic heterocycles. The van der Waals surface area contributed by atoms with Gasteiger partial charge in [0.05, 0.1) is 6.54 Å². The molecule has 1 aliphatic rings. The van der Waals surface area contributed by atoms with Crippen molar-refractivity contribution in [3.05, 3.63) is 40.9 Å². The first-order chi connectivity index (χ1) is 6.66. The number of hydrogen-bond donors (Lipinski definition) is 0. The highest BCUT2D eigenvalue weighted by Gasteiger charge is 2.26. The summed E-state index contributed by atoms with van der Waals surface area (Å²) in [6.07, 6.45) is -1.47. The molecule has 1 amide bonds. The molecule has 1 unspecified atom stereocenters. The van der Waals surface area contributed by atoms with E-state index in [4.69, 9.17) is 4.74 Å². The fourth-order valence-electron chi connectivity index (χ4n) is 1.29. The number of hydroxylamine groups is 2. The summed E-state index contributed by atoms with van der Waals surface area (Å²) in [6, 6.07) is 5.51. The van der Waals surface area contributed by atoms with Crippen molar-refractivity contribution < 1.29 is 13.9 Å². The molecule has 1 aromatic carbocycles. The average molecular weight is 196 g/mol. The topological polar surface area (TPSA) is 52.6 Å². The van der Waals surface area contributed by atoms with E-state index in [1.165, 1.54) is 24.3 Å². The lowest BCUT2D eigenvalue weighted by molar-refractivity contribution is 0.136. The zero-order valence-corrected chi connectivity index (χ0v) is 7.14. The van der Waals surface area contributed by atoms with Crippen LogP contribution >= 0.6 is 0 Å². The van der Waals surface area contributed by atoms with E-state index >= 15 is 0 Å². The van der Waals surface area contributed by atoms with Gasteiger partial charge in [0, 0.05) is 0 Å². The maximum atomic E-state index is 12.5. The Kier molecular flexibility index (Phi) is 2.09. The highest BCUT2D eigenvalue weighted by Crippen LogP contribution is 2.25. The first kappa shape index (κ1) is 8.96. The third-order valence-electron chi connectivity index (χ3n) is 2.02. The molecule has 0 aromatic heterocycles. The Balaban J connectivity index is 2.17. The first-order valence-corrected chi connectivity index (χ1v) is 4.07. The van der Waals surface area contributed by atoms with Crippen molar-refractivity contribution in [2.24, 2.45) is 0 Å². The van der Waals surface area contributed by atoms with Gasteiger partial charge in [-0.1, -0.05) is 12.1 Å². The number of hydrogen-bond acceptors (Lipinski definition) is 3. The molecule has 1 saturated heterocycles. The van der Waals surface area contributed by atoms with E-state index in [1.54, 1.807) is 0 Å². The number of carbonyl (C=O) groups is 1. The quantitative estimate of drug-likeness (QED) is 0.688. The Morgan fingerprint density at radius 2 is 2.07 bits per heavy atom. The van der Waals surface area contributed by atoms with Crippen LogP contribution < -0.4 is 0 Å². The van der Waals surface area contributed by atoms with Crippen LogP contribution in [0, 0.1) is 11.0 Å². The third-order valence-corrected chi connectivity index (χ3v) is 2.02. The number of halogens is 1. The number of carbonyl (C=O) groups excluding carboxylic acids is 1. The lowest BCUT2D eigenvalue weighted by Crippen LogP contribution is -2.15. The van der Waals surface area contributed by atoms with Crippen molar-refractivity contribution in [1.29, 1.82) is 0 Å². The average Bonchev–Trinajstić information content (AvgIpc) is 2.48. The molecule has 0 spiro atoms. The molecule has 0 aliphatic carbocycles. The fraction of sp³-hybridized carbons (Fsp3) is 0.222. The van der Waals surface area contributed by atoms with Crippen LogP contribution in [0.5, 0.6) is 0 Å². The maximum Gasteiger partial charge on any atom is 0.399 e. The van der Waals surface area contributed by atoms with Crippen molar-refractivity contribution in [1.82, 2.24) is 5.06 Å². The van der Waals surface area contributed by atoms with Gasteiger partial charge in [0.1, 0.15) is 11.9 Å². The van der Waals surface area contributed by atoms with Crippen LogP contribution in [0.3, 0.4) is 0 Å². The molecule has 0 saturated carbocycles. The molecular weight excluding hydrogens is 189 g/mol. The molecule has 1 atom stereocenters. The van der Waals surface area contributed by atoms with E-state index in [9.17, 15) is 14.4 Å². The van der Waals surface area contributed by atoms with Crippen LogP contribution in [-0.2, 0) is 4.74 Å². The Hall–Kier alpha value is -1.62. The van der Waals surface area contributed by atoms with Crippen LogP contribution in [0.25, 0.3) is 0 Å². The van der Waals surface area contributed by atoms with Crippen molar-refractivity contribution in [2.45, 2.75) is 6.10 Å². The number of benzene rings is 1. The molecule has 1 aromatic rings. The molecule has 5 heteroatoms. The Morgan fingerprint density at radius 1 is 1.43 bits per heavy atom. The normalized spacial score (nSPS) is 21.1. The van der Waals surface area contributed by atoms with Crippen molar-refractivity contribution in [3.63, 3.8) is 0 Å². The van der Waals surface area contributed by atoms with Gasteiger partial charge in [-0.2, -0.15) is 0 Å². The van der Waals surface area contributed by atoms with Gasteiger partial charge in [-0.05, 0) is 17.7 Å². The predicted molar refractivity (Wildman–Crippen MR) is 45.7 cm³/mol. The molecular formula is C9H7FNO3-. The number of rotatable bonds is 1. The first-order valence-electron chi connectivity index (χ1n) is 4.07. The Morgan fingerprint density at radius 3 is 2.57 bits per heavy atom. The van der Waals surface area contributed by atoms with Crippen LogP contribution in [0.1, 0.15) is 11.7 Å². The lowest BCUT2D eigenvalue weighted by atomic mass is 10.1. The highest BCUT2D eigenvalue weighted by molar-refractivity contribution is 5.70. The van der Waals surface area contributed by atoms with Crippen LogP contribution in [0.15, 0.2) is 24.3 Å². The summed E-state index contributed by atoms with van der Waals surface area (Å²) in [7, 11) is 0. The second kappa shape index (κ2) is 3.26. The van der Waals surface area contributed by atoms with Crippen LogP contribution in [-0.4, -0.2) is 17.7 Å². The minimum Gasteiger partial charge on any atom is -0.754 e. The van der Waals surface area contributed by atoms with Gasteiger partial charge in [0.25, 0.3) is 0 Å². The van der Waals surface area contributed by atoms with E-state index in [0.29, 0.717) is 5.56 Å². The lowest BCUT2D eigenvalue weighted by Gasteiger charge is -2.16. The molecule has 1 heterocycles.